The number of carbonyl (C=O) groups excluding carboxylic acids is 2. The second kappa shape index (κ2) is 8.65. The second-order valence-corrected chi connectivity index (χ2v) is 8.18. The number of rotatable bonds is 8. The molecule has 2 heterocycles. The summed E-state index contributed by atoms with van der Waals surface area (Å²) in [5.41, 5.74) is 6.15. The third kappa shape index (κ3) is 4.47. The average Bonchev–Trinajstić information content (AvgIpc) is 3.21. The average molecular weight is 395 g/mol. The van der Waals surface area contributed by atoms with Crippen LogP contribution in [0.2, 0.25) is 0 Å². The summed E-state index contributed by atoms with van der Waals surface area (Å²) in [6.07, 6.45) is 1.79. The lowest BCUT2D eigenvalue weighted by atomic mass is 10.0. The van der Waals surface area contributed by atoms with Crippen LogP contribution in [-0.2, 0) is 24.2 Å². The molecule has 5 heteroatoms. The van der Waals surface area contributed by atoms with Gasteiger partial charge in [0.2, 0.25) is 0 Å². The van der Waals surface area contributed by atoms with Crippen LogP contribution in [0.1, 0.15) is 52.6 Å². The number of carbonyl (C=O) groups is 2. The quantitative estimate of drug-likeness (QED) is 0.494. The highest BCUT2D eigenvalue weighted by Crippen LogP contribution is 2.28. The van der Waals surface area contributed by atoms with Crippen molar-refractivity contribution < 1.29 is 9.59 Å². The Bertz CT molecular complexity index is 996. The number of hydrogen-bond acceptors (Lipinski definition) is 4. The number of benzene rings is 1. The van der Waals surface area contributed by atoms with Crippen LogP contribution < -0.4 is 0 Å². The molecule has 3 rings (SSSR count). The highest BCUT2D eigenvalue weighted by Gasteiger charge is 2.15. The molecule has 0 N–H and O–H groups in total. The normalized spacial score (nSPS) is 11.0. The minimum absolute atomic E-state index is 0.0479. The van der Waals surface area contributed by atoms with Gasteiger partial charge in [-0.2, -0.15) is 0 Å². The van der Waals surface area contributed by atoms with Gasteiger partial charge in [0.15, 0.2) is 5.78 Å². The number of aromatic nitrogens is 2. The number of Topliss-reactive ketones (excluding diaryl/α,β-unsaturated/α-hetero) is 2. The van der Waals surface area contributed by atoms with Crippen LogP contribution in [0, 0.1) is 13.8 Å². The summed E-state index contributed by atoms with van der Waals surface area (Å²) in [5, 5.41) is 2.87. The predicted molar refractivity (Wildman–Crippen MR) is 114 cm³/mol. The van der Waals surface area contributed by atoms with Gasteiger partial charge >= 0.3 is 0 Å². The molecule has 1 aromatic carbocycles. The third-order valence-corrected chi connectivity index (χ3v) is 5.74. The Labute approximate surface area is 170 Å². The van der Waals surface area contributed by atoms with Crippen molar-refractivity contribution in [2.75, 3.05) is 0 Å². The van der Waals surface area contributed by atoms with Crippen molar-refractivity contribution in [3.63, 3.8) is 0 Å². The van der Waals surface area contributed by atoms with Gasteiger partial charge in [0, 0.05) is 40.9 Å². The first-order chi connectivity index (χ1) is 13.4. The van der Waals surface area contributed by atoms with Crippen molar-refractivity contribution >= 4 is 22.9 Å². The minimum Gasteiger partial charge on any atom is -0.348 e. The zero-order valence-electron chi connectivity index (χ0n) is 16.9. The minimum atomic E-state index is 0.0479. The number of nitrogens with zero attached hydrogens (tertiary/aromatic N) is 2. The maximum absolute atomic E-state index is 12.6. The van der Waals surface area contributed by atoms with Gasteiger partial charge in [0.05, 0.1) is 12.1 Å². The van der Waals surface area contributed by atoms with Crippen molar-refractivity contribution in [1.29, 1.82) is 0 Å². The van der Waals surface area contributed by atoms with E-state index < -0.39 is 0 Å². The molecule has 0 spiro atoms. The molecule has 28 heavy (non-hydrogen) atoms. The summed E-state index contributed by atoms with van der Waals surface area (Å²) in [6.45, 7) is 9.01. The fraction of sp³-hybridized carbons (Fsp3) is 0.348. The van der Waals surface area contributed by atoms with Gasteiger partial charge in [-0.1, -0.05) is 31.2 Å². The topological polar surface area (TPSA) is 52.0 Å². The van der Waals surface area contributed by atoms with E-state index in [0.29, 0.717) is 18.4 Å². The maximum Gasteiger partial charge on any atom is 0.169 e. The van der Waals surface area contributed by atoms with Crippen LogP contribution in [-0.4, -0.2) is 21.1 Å². The zero-order valence-corrected chi connectivity index (χ0v) is 17.7. The Morgan fingerprint density at radius 3 is 2.46 bits per heavy atom. The van der Waals surface area contributed by atoms with Gasteiger partial charge in [0.25, 0.3) is 0 Å². The number of aryl methyl sites for hydroxylation is 1. The van der Waals surface area contributed by atoms with Crippen molar-refractivity contribution in [1.82, 2.24) is 9.55 Å². The molecule has 0 aliphatic rings. The summed E-state index contributed by atoms with van der Waals surface area (Å²) < 4.78 is 2.32. The molecule has 0 atom stereocenters. The van der Waals surface area contributed by atoms with E-state index in [1.165, 1.54) is 22.7 Å². The summed E-state index contributed by atoms with van der Waals surface area (Å²) in [5.74, 6) is 0.166. The molecule has 3 aromatic rings. The highest BCUT2D eigenvalue weighted by atomic mass is 32.1. The van der Waals surface area contributed by atoms with Crippen LogP contribution in [0.4, 0.5) is 0 Å². The molecule has 0 bridgehead atoms. The Morgan fingerprint density at radius 2 is 1.82 bits per heavy atom. The van der Waals surface area contributed by atoms with Gasteiger partial charge < -0.3 is 4.57 Å². The number of thiazole rings is 1. The largest absolute Gasteiger partial charge is 0.348 e. The van der Waals surface area contributed by atoms with Crippen molar-refractivity contribution in [3.8, 4) is 11.3 Å². The Balaban J connectivity index is 1.73. The summed E-state index contributed by atoms with van der Waals surface area (Å²) in [4.78, 5) is 28.5. The van der Waals surface area contributed by atoms with Crippen molar-refractivity contribution in [2.45, 2.75) is 53.5 Å². The Kier molecular flexibility index (Phi) is 6.25. The second-order valence-electron chi connectivity index (χ2n) is 7.24. The van der Waals surface area contributed by atoms with Crippen LogP contribution >= 0.6 is 11.3 Å². The van der Waals surface area contributed by atoms with E-state index in [1.54, 1.807) is 19.1 Å². The lowest BCUT2D eigenvalue weighted by Gasteiger charge is -2.07. The first-order valence-electron chi connectivity index (χ1n) is 9.62. The van der Waals surface area contributed by atoms with E-state index >= 15 is 0 Å². The molecule has 0 fully saturated rings. The summed E-state index contributed by atoms with van der Waals surface area (Å²) in [7, 11) is 0. The Morgan fingerprint density at radius 1 is 1.11 bits per heavy atom. The first-order valence-corrected chi connectivity index (χ1v) is 10.5. The van der Waals surface area contributed by atoms with Gasteiger partial charge in [-0.05, 0) is 38.8 Å². The van der Waals surface area contributed by atoms with E-state index in [1.807, 2.05) is 17.5 Å². The first kappa shape index (κ1) is 20.2. The summed E-state index contributed by atoms with van der Waals surface area (Å²) >= 11 is 1.53. The molecule has 0 aliphatic heterocycles. The lowest BCUT2D eigenvalue weighted by molar-refractivity contribution is -0.116. The molecule has 0 aliphatic carbocycles. The van der Waals surface area contributed by atoms with Gasteiger partial charge in [-0.15, -0.1) is 11.3 Å². The van der Waals surface area contributed by atoms with E-state index in [-0.39, 0.29) is 11.6 Å². The molecule has 0 amide bonds. The van der Waals surface area contributed by atoms with Crippen LogP contribution in [0.15, 0.2) is 35.7 Å². The van der Waals surface area contributed by atoms with E-state index in [9.17, 15) is 9.59 Å². The van der Waals surface area contributed by atoms with Crippen LogP contribution in [0.3, 0.4) is 0 Å². The molecular weight excluding hydrogens is 368 g/mol. The fourth-order valence-electron chi connectivity index (χ4n) is 3.48. The van der Waals surface area contributed by atoms with Crippen molar-refractivity contribution in [2.24, 2.45) is 0 Å². The van der Waals surface area contributed by atoms with Crippen LogP contribution in [0.5, 0.6) is 0 Å². The molecule has 0 unspecified atom stereocenters. The molecule has 0 saturated heterocycles. The van der Waals surface area contributed by atoms with E-state index in [2.05, 4.69) is 31.4 Å². The third-order valence-electron chi connectivity index (χ3n) is 4.89. The fourth-order valence-corrected chi connectivity index (χ4v) is 4.27. The van der Waals surface area contributed by atoms with Crippen molar-refractivity contribution in [3.05, 3.63) is 63.2 Å². The smallest absolute Gasteiger partial charge is 0.169 e. The van der Waals surface area contributed by atoms with Gasteiger partial charge in [0.1, 0.15) is 10.8 Å². The monoisotopic (exact) mass is 394 g/mol. The maximum atomic E-state index is 12.6. The molecule has 146 valence electrons. The molecule has 0 saturated carbocycles. The molecular formula is C23H26N2O2S. The van der Waals surface area contributed by atoms with Gasteiger partial charge in [-0.25, -0.2) is 4.98 Å². The van der Waals surface area contributed by atoms with Crippen LogP contribution in [0.25, 0.3) is 11.3 Å². The highest BCUT2D eigenvalue weighted by molar-refractivity contribution is 7.10. The molecule has 0 radical (unpaired) electrons. The number of ketones is 2. The standard InChI is InChI=1S/C23H26N2O2S/c1-5-10-25-15(2)11-20(17(25)4)21-14-28-23(24-21)13-22(27)19-8-6-18(7-9-19)12-16(3)26/h6-9,11,14H,5,10,12-13H2,1-4H3. The molecule has 4 nitrogen and oxygen atoms in total. The lowest BCUT2D eigenvalue weighted by Crippen LogP contribution is -2.04. The number of hydrogen-bond donors (Lipinski definition) is 0. The summed E-state index contributed by atoms with van der Waals surface area (Å²) in [6, 6.07) is 9.48. The van der Waals surface area contributed by atoms with E-state index in [0.717, 1.165) is 34.8 Å². The predicted octanol–water partition coefficient (Wildman–Crippen LogP) is 5.20. The molecule has 2 aromatic heterocycles. The SMILES string of the molecule is CCCn1c(C)cc(-c2csc(CC(=O)c3ccc(CC(C)=O)cc3)n2)c1C. The van der Waals surface area contributed by atoms with E-state index in [4.69, 9.17) is 4.98 Å². The Hall–Kier alpha value is -2.53. The van der Waals surface area contributed by atoms with Gasteiger partial charge in [-0.3, -0.25) is 9.59 Å². The zero-order chi connectivity index (χ0) is 20.3.